The van der Waals surface area contributed by atoms with Gasteiger partial charge in [-0.1, -0.05) is 76.6 Å². The van der Waals surface area contributed by atoms with Gasteiger partial charge < -0.3 is 9.42 Å². The smallest absolute Gasteiger partial charge is 0.244 e. The Morgan fingerprint density at radius 1 is 0.895 bits per heavy atom. The lowest BCUT2D eigenvalue weighted by molar-refractivity contribution is 0.307. The number of hydrogen-bond donors (Lipinski definition) is 1. The van der Waals surface area contributed by atoms with E-state index in [9.17, 15) is 4.89 Å². The van der Waals surface area contributed by atoms with Crippen LogP contribution in [0.5, 0.6) is 0 Å². The summed E-state index contributed by atoms with van der Waals surface area (Å²) in [7, 11) is 0. The van der Waals surface area contributed by atoms with Crippen LogP contribution in [0.15, 0.2) is 0 Å². The van der Waals surface area contributed by atoms with Gasteiger partial charge in [0, 0.05) is 5.75 Å². The third-order valence-corrected chi connectivity index (χ3v) is 7.42. The van der Waals surface area contributed by atoms with Crippen molar-refractivity contribution in [3.8, 4) is 0 Å². The van der Waals surface area contributed by atoms with E-state index in [4.69, 9.17) is 16.3 Å². The summed E-state index contributed by atoms with van der Waals surface area (Å²) in [6.07, 6.45) is 12.3. The highest BCUT2D eigenvalue weighted by atomic mass is 32.9. The molecule has 0 bridgehead atoms. The summed E-state index contributed by atoms with van der Waals surface area (Å²) < 4.78 is 5.49. The van der Waals surface area contributed by atoms with Crippen molar-refractivity contribution >= 4 is 28.9 Å². The van der Waals surface area contributed by atoms with Gasteiger partial charge in [-0.25, -0.2) is 0 Å². The third-order valence-electron chi connectivity index (χ3n) is 3.00. The molecule has 0 aromatic rings. The highest BCUT2D eigenvalue weighted by Crippen LogP contribution is 2.56. The largest absolute Gasteiger partial charge is 0.337 e. The van der Waals surface area contributed by atoms with Gasteiger partial charge in [0.2, 0.25) is 5.69 Å². The molecule has 0 aromatic heterocycles. The second-order valence-electron chi connectivity index (χ2n) is 4.96. The van der Waals surface area contributed by atoms with Gasteiger partial charge in [0.1, 0.15) is 0 Å². The minimum absolute atomic E-state index is 0.627. The summed E-state index contributed by atoms with van der Waals surface area (Å²) in [5.41, 5.74) is -2.55. The van der Waals surface area contributed by atoms with Gasteiger partial charge in [0.25, 0.3) is 0 Å². The first kappa shape index (κ1) is 19.9. The molecule has 0 aliphatic rings. The van der Waals surface area contributed by atoms with Gasteiger partial charge in [0.05, 0.1) is 6.61 Å². The fourth-order valence-electron chi connectivity index (χ4n) is 1.81. The predicted molar refractivity (Wildman–Crippen MR) is 92.4 cm³/mol. The molecule has 2 nitrogen and oxygen atoms in total. The predicted octanol–water partition coefficient (Wildman–Crippen LogP) is 5.89. The van der Waals surface area contributed by atoms with Gasteiger partial charge in [-0.2, -0.15) is 0 Å². The Hall–Kier alpha value is 0.920. The average Bonchev–Trinajstić information content (AvgIpc) is 2.37. The van der Waals surface area contributed by atoms with Crippen LogP contribution < -0.4 is 0 Å². The zero-order chi connectivity index (χ0) is 14.4. The Morgan fingerprint density at radius 3 is 2.05 bits per heavy atom. The molecule has 0 rings (SSSR count). The summed E-state index contributed by atoms with van der Waals surface area (Å²) in [4.78, 5) is 9.98. The molecular weight excluding hydrogens is 295 g/mol. The summed E-state index contributed by atoms with van der Waals surface area (Å²) in [5.74, 6) is 0.935. The zero-order valence-corrected chi connectivity index (χ0v) is 15.1. The van der Waals surface area contributed by atoms with E-state index in [1.807, 2.05) is 0 Å². The molecule has 0 fully saturated rings. The second-order valence-corrected chi connectivity index (χ2v) is 11.3. The maximum Gasteiger partial charge on any atom is 0.244 e. The number of hydrogen-bond acceptors (Lipinski definition) is 3. The molecule has 19 heavy (non-hydrogen) atoms. The van der Waals surface area contributed by atoms with E-state index >= 15 is 0 Å². The maximum absolute atomic E-state index is 9.98. The van der Waals surface area contributed by atoms with Crippen LogP contribution in [0.3, 0.4) is 0 Å². The molecule has 116 valence electrons. The minimum Gasteiger partial charge on any atom is -0.337 e. The average molecular weight is 327 g/mol. The molecule has 1 atom stereocenters. The standard InChI is InChI=1S/C14H31O2PS2/c1-3-5-7-9-10-11-13-16-17(15,18)19-14-12-8-6-4-2/h3-14H2,1-2H3,(H,15,18). The van der Waals surface area contributed by atoms with E-state index in [0.717, 1.165) is 18.6 Å². The highest BCUT2D eigenvalue weighted by molar-refractivity contribution is 8.67. The normalized spacial score (nSPS) is 14.5. The van der Waals surface area contributed by atoms with Crippen LogP contribution in [0.4, 0.5) is 0 Å². The Bertz CT molecular complexity index is 237. The number of rotatable bonds is 14. The van der Waals surface area contributed by atoms with Crippen LogP contribution in [0.1, 0.15) is 78.1 Å². The van der Waals surface area contributed by atoms with Crippen molar-refractivity contribution in [2.45, 2.75) is 78.1 Å². The first-order valence-electron chi connectivity index (χ1n) is 7.74. The van der Waals surface area contributed by atoms with Crippen LogP contribution in [0, 0.1) is 0 Å². The summed E-state index contributed by atoms with van der Waals surface area (Å²) in [5, 5.41) is 0. The zero-order valence-electron chi connectivity index (χ0n) is 12.6. The Morgan fingerprint density at radius 2 is 1.42 bits per heavy atom. The Kier molecular flexibility index (Phi) is 14.6. The summed E-state index contributed by atoms with van der Waals surface area (Å²) in [6, 6.07) is 0. The van der Waals surface area contributed by atoms with Crippen LogP contribution in [-0.4, -0.2) is 17.3 Å². The van der Waals surface area contributed by atoms with Crippen molar-refractivity contribution in [1.29, 1.82) is 0 Å². The third kappa shape index (κ3) is 15.1. The van der Waals surface area contributed by atoms with E-state index < -0.39 is 5.69 Å². The monoisotopic (exact) mass is 326 g/mol. The second kappa shape index (κ2) is 13.9. The first-order chi connectivity index (χ1) is 9.12. The molecular formula is C14H31O2PS2. The van der Waals surface area contributed by atoms with E-state index in [0.29, 0.717) is 6.61 Å². The fourth-order valence-corrected chi connectivity index (χ4v) is 5.23. The first-order valence-corrected chi connectivity index (χ1v) is 12.0. The van der Waals surface area contributed by atoms with Crippen LogP contribution >= 0.6 is 17.1 Å². The molecule has 0 radical (unpaired) electrons. The topological polar surface area (TPSA) is 29.5 Å². The molecule has 0 spiro atoms. The van der Waals surface area contributed by atoms with Crippen molar-refractivity contribution < 1.29 is 9.42 Å². The van der Waals surface area contributed by atoms with E-state index in [1.165, 1.54) is 62.7 Å². The molecule has 0 aliphatic heterocycles. The summed E-state index contributed by atoms with van der Waals surface area (Å²) >= 11 is 6.61. The molecule has 0 saturated carbocycles. The van der Waals surface area contributed by atoms with Crippen molar-refractivity contribution in [1.82, 2.24) is 0 Å². The molecule has 0 saturated heterocycles. The van der Waals surface area contributed by atoms with Gasteiger partial charge in [-0.05, 0) is 24.6 Å². The van der Waals surface area contributed by atoms with Crippen molar-refractivity contribution in [3.05, 3.63) is 0 Å². The minimum atomic E-state index is -2.55. The lowest BCUT2D eigenvalue weighted by Crippen LogP contribution is -1.92. The van der Waals surface area contributed by atoms with E-state index in [1.54, 1.807) is 0 Å². The van der Waals surface area contributed by atoms with Crippen molar-refractivity contribution in [2.24, 2.45) is 0 Å². The van der Waals surface area contributed by atoms with E-state index in [-0.39, 0.29) is 0 Å². The fraction of sp³-hybridized carbons (Fsp3) is 1.00. The van der Waals surface area contributed by atoms with Gasteiger partial charge in [0.15, 0.2) is 0 Å². The molecule has 0 heterocycles. The Labute approximate surface area is 129 Å². The van der Waals surface area contributed by atoms with Crippen LogP contribution in [0.25, 0.3) is 0 Å². The Balaban J connectivity index is 3.38. The number of unbranched alkanes of at least 4 members (excludes halogenated alkanes) is 8. The quantitative estimate of drug-likeness (QED) is 0.318. The lowest BCUT2D eigenvalue weighted by Gasteiger charge is -2.14. The molecule has 1 unspecified atom stereocenters. The molecule has 1 N–H and O–H groups in total. The van der Waals surface area contributed by atoms with Crippen LogP contribution in [-0.2, 0) is 16.3 Å². The van der Waals surface area contributed by atoms with Gasteiger partial charge >= 0.3 is 0 Å². The summed E-state index contributed by atoms with van der Waals surface area (Å²) in [6.45, 7) is 5.05. The molecule has 0 aromatic carbocycles. The van der Waals surface area contributed by atoms with Crippen molar-refractivity contribution in [2.75, 3.05) is 12.4 Å². The van der Waals surface area contributed by atoms with E-state index in [2.05, 4.69) is 13.8 Å². The highest BCUT2D eigenvalue weighted by Gasteiger charge is 2.13. The SMILES string of the molecule is CCCCCCCCOP(O)(=S)SCCCCCC. The lowest BCUT2D eigenvalue weighted by atomic mass is 10.1. The van der Waals surface area contributed by atoms with Crippen LogP contribution in [0.2, 0.25) is 0 Å². The van der Waals surface area contributed by atoms with Crippen molar-refractivity contribution in [3.63, 3.8) is 0 Å². The molecule has 0 aliphatic carbocycles. The van der Waals surface area contributed by atoms with Gasteiger partial charge in [-0.3, -0.25) is 0 Å². The molecule has 0 amide bonds. The maximum atomic E-state index is 9.98. The van der Waals surface area contributed by atoms with Gasteiger partial charge in [-0.15, -0.1) is 0 Å². The molecule has 5 heteroatoms.